The highest BCUT2D eigenvalue weighted by Crippen LogP contribution is 2.30. The van der Waals surface area contributed by atoms with Crippen molar-refractivity contribution < 1.29 is 13.2 Å². The van der Waals surface area contributed by atoms with E-state index in [2.05, 4.69) is 5.32 Å². The third kappa shape index (κ3) is 3.48. The minimum absolute atomic E-state index is 0.230. The molecular weight excluding hydrogens is 324 g/mol. The molecule has 2 aromatic rings. The highest BCUT2D eigenvalue weighted by Gasteiger charge is 2.29. The second-order valence-electron chi connectivity index (χ2n) is 5.95. The molecule has 0 atom stereocenters. The Morgan fingerprint density at radius 1 is 1.21 bits per heavy atom. The van der Waals surface area contributed by atoms with Gasteiger partial charge in [-0.25, -0.2) is 8.42 Å². The van der Waals surface area contributed by atoms with Crippen LogP contribution in [0.15, 0.2) is 42.5 Å². The number of ether oxygens (including phenoxy) is 1. The molecule has 1 saturated heterocycles. The van der Waals surface area contributed by atoms with Gasteiger partial charge < -0.3 is 10.1 Å². The van der Waals surface area contributed by atoms with E-state index in [1.54, 1.807) is 7.11 Å². The van der Waals surface area contributed by atoms with Crippen molar-refractivity contribution in [1.82, 2.24) is 0 Å². The lowest BCUT2D eigenvalue weighted by molar-refractivity contribution is 0.414. The van der Waals surface area contributed by atoms with Gasteiger partial charge in [-0.05, 0) is 48.7 Å². The van der Waals surface area contributed by atoms with Crippen LogP contribution in [0.3, 0.4) is 0 Å². The molecule has 0 aliphatic carbocycles. The molecule has 0 saturated carbocycles. The third-order valence-electron chi connectivity index (χ3n) is 4.21. The number of sulfonamides is 1. The number of benzene rings is 2. The fourth-order valence-corrected chi connectivity index (χ4v) is 4.50. The summed E-state index contributed by atoms with van der Waals surface area (Å²) in [5, 5.41) is 3.35. The average molecular weight is 346 g/mol. The summed E-state index contributed by atoms with van der Waals surface area (Å²) in [4.78, 5) is 0. The zero-order chi connectivity index (χ0) is 17.2. The Balaban J connectivity index is 1.78. The van der Waals surface area contributed by atoms with E-state index in [-0.39, 0.29) is 5.75 Å². The SMILES string of the molecule is COc1cccc(CNc2ccc(C)c(N3CCCS3(=O)=O)c2)c1. The molecule has 5 nitrogen and oxygen atoms in total. The number of nitrogens with one attached hydrogen (secondary N) is 1. The molecule has 0 radical (unpaired) electrons. The molecule has 1 aliphatic rings. The average Bonchev–Trinajstić information content (AvgIpc) is 2.93. The summed E-state index contributed by atoms with van der Waals surface area (Å²) in [6.07, 6.45) is 0.684. The standard InChI is InChI=1S/C18H22N2O3S/c1-14-7-8-16(12-18(14)20-9-4-10-24(20,21)22)19-13-15-5-3-6-17(11-15)23-2/h3,5-8,11-12,19H,4,9-10,13H2,1-2H3. The number of anilines is 2. The minimum atomic E-state index is -3.17. The molecule has 0 bridgehead atoms. The molecule has 24 heavy (non-hydrogen) atoms. The molecule has 0 amide bonds. The molecule has 0 spiro atoms. The van der Waals surface area contributed by atoms with E-state index < -0.39 is 10.0 Å². The van der Waals surface area contributed by atoms with Crippen LogP contribution in [0.2, 0.25) is 0 Å². The van der Waals surface area contributed by atoms with Crippen molar-refractivity contribution in [1.29, 1.82) is 0 Å². The lowest BCUT2D eigenvalue weighted by atomic mass is 10.1. The summed E-state index contributed by atoms with van der Waals surface area (Å²) in [6.45, 7) is 3.14. The third-order valence-corrected chi connectivity index (χ3v) is 6.06. The number of nitrogens with zero attached hydrogens (tertiary/aromatic N) is 1. The van der Waals surface area contributed by atoms with Gasteiger partial charge in [0.15, 0.2) is 0 Å². The molecule has 1 N–H and O–H groups in total. The lowest BCUT2D eigenvalue weighted by Crippen LogP contribution is -2.25. The Bertz CT molecular complexity index is 834. The first-order valence-electron chi connectivity index (χ1n) is 7.97. The van der Waals surface area contributed by atoms with Crippen molar-refractivity contribution in [3.8, 4) is 5.75 Å². The summed E-state index contributed by atoms with van der Waals surface area (Å²) in [5.41, 5.74) is 3.74. The maximum absolute atomic E-state index is 12.2. The van der Waals surface area contributed by atoms with Crippen molar-refractivity contribution in [2.45, 2.75) is 19.9 Å². The van der Waals surface area contributed by atoms with Crippen LogP contribution in [-0.2, 0) is 16.6 Å². The second kappa shape index (κ2) is 6.73. The Morgan fingerprint density at radius 2 is 2.04 bits per heavy atom. The van der Waals surface area contributed by atoms with Gasteiger partial charge in [0.25, 0.3) is 0 Å². The number of rotatable bonds is 5. The summed E-state index contributed by atoms with van der Waals surface area (Å²) in [6, 6.07) is 13.7. The van der Waals surface area contributed by atoms with Crippen LogP contribution in [0, 0.1) is 6.92 Å². The smallest absolute Gasteiger partial charge is 0.235 e. The first kappa shape index (κ1) is 16.6. The van der Waals surface area contributed by atoms with Gasteiger partial charge in [0.1, 0.15) is 5.75 Å². The second-order valence-corrected chi connectivity index (χ2v) is 7.96. The molecule has 1 aliphatic heterocycles. The summed E-state index contributed by atoms with van der Waals surface area (Å²) in [5.74, 6) is 1.05. The molecule has 3 rings (SSSR count). The molecule has 0 unspecified atom stereocenters. The molecular formula is C18H22N2O3S. The van der Waals surface area contributed by atoms with Crippen LogP contribution in [-0.4, -0.2) is 27.8 Å². The van der Waals surface area contributed by atoms with Crippen molar-refractivity contribution >= 4 is 21.4 Å². The monoisotopic (exact) mass is 346 g/mol. The fraction of sp³-hybridized carbons (Fsp3) is 0.333. The predicted octanol–water partition coefficient (Wildman–Crippen LogP) is 3.16. The van der Waals surface area contributed by atoms with Crippen LogP contribution >= 0.6 is 0 Å². The number of methoxy groups -OCH3 is 1. The molecule has 0 aromatic heterocycles. The van der Waals surface area contributed by atoms with Crippen LogP contribution in [0.1, 0.15) is 17.5 Å². The predicted molar refractivity (Wildman–Crippen MR) is 97.2 cm³/mol. The van der Waals surface area contributed by atoms with E-state index in [9.17, 15) is 8.42 Å². The highest BCUT2D eigenvalue weighted by atomic mass is 32.2. The minimum Gasteiger partial charge on any atom is -0.497 e. The Morgan fingerprint density at radius 3 is 2.75 bits per heavy atom. The van der Waals surface area contributed by atoms with Gasteiger partial charge in [0.05, 0.1) is 18.6 Å². The summed E-state index contributed by atoms with van der Waals surface area (Å²) >= 11 is 0. The Labute approximate surface area is 143 Å². The zero-order valence-electron chi connectivity index (χ0n) is 14.0. The van der Waals surface area contributed by atoms with Crippen molar-refractivity contribution in [3.05, 3.63) is 53.6 Å². The van der Waals surface area contributed by atoms with Gasteiger partial charge in [0.2, 0.25) is 10.0 Å². The first-order valence-corrected chi connectivity index (χ1v) is 9.58. The highest BCUT2D eigenvalue weighted by molar-refractivity contribution is 7.93. The van der Waals surface area contributed by atoms with E-state index in [0.717, 1.165) is 28.3 Å². The largest absolute Gasteiger partial charge is 0.497 e. The van der Waals surface area contributed by atoms with Gasteiger partial charge in [-0.1, -0.05) is 18.2 Å². The quantitative estimate of drug-likeness (QED) is 0.903. The van der Waals surface area contributed by atoms with Crippen LogP contribution in [0.25, 0.3) is 0 Å². The normalized spacial score (nSPS) is 16.2. The van der Waals surface area contributed by atoms with Crippen molar-refractivity contribution in [3.63, 3.8) is 0 Å². The van der Waals surface area contributed by atoms with Crippen molar-refractivity contribution in [2.24, 2.45) is 0 Å². The van der Waals surface area contributed by atoms with Gasteiger partial charge in [-0.15, -0.1) is 0 Å². The Hall–Kier alpha value is -2.21. The van der Waals surface area contributed by atoms with Crippen LogP contribution in [0.4, 0.5) is 11.4 Å². The van der Waals surface area contributed by atoms with E-state index in [0.29, 0.717) is 19.5 Å². The zero-order valence-corrected chi connectivity index (χ0v) is 14.8. The summed E-state index contributed by atoms with van der Waals surface area (Å²) in [7, 11) is -1.52. The molecule has 1 heterocycles. The molecule has 2 aromatic carbocycles. The molecule has 128 valence electrons. The van der Waals surface area contributed by atoms with Crippen LogP contribution in [0.5, 0.6) is 5.75 Å². The lowest BCUT2D eigenvalue weighted by Gasteiger charge is -2.20. The van der Waals surface area contributed by atoms with E-state index >= 15 is 0 Å². The van der Waals surface area contributed by atoms with Gasteiger partial charge in [-0.3, -0.25) is 4.31 Å². The van der Waals surface area contributed by atoms with Gasteiger partial charge in [-0.2, -0.15) is 0 Å². The number of hydrogen-bond acceptors (Lipinski definition) is 4. The van der Waals surface area contributed by atoms with Gasteiger partial charge in [0, 0.05) is 18.8 Å². The fourth-order valence-electron chi connectivity index (χ4n) is 2.88. The maximum atomic E-state index is 12.2. The molecule has 6 heteroatoms. The molecule has 1 fully saturated rings. The summed E-state index contributed by atoms with van der Waals surface area (Å²) < 4.78 is 31.1. The number of hydrogen-bond donors (Lipinski definition) is 1. The van der Waals surface area contributed by atoms with Crippen LogP contribution < -0.4 is 14.4 Å². The van der Waals surface area contributed by atoms with E-state index in [4.69, 9.17) is 4.74 Å². The Kier molecular flexibility index (Phi) is 4.66. The number of aryl methyl sites for hydroxylation is 1. The first-order chi connectivity index (χ1) is 11.5. The van der Waals surface area contributed by atoms with E-state index in [1.165, 1.54) is 4.31 Å². The van der Waals surface area contributed by atoms with Gasteiger partial charge >= 0.3 is 0 Å². The topological polar surface area (TPSA) is 58.6 Å². The van der Waals surface area contributed by atoms with E-state index in [1.807, 2.05) is 49.4 Å². The van der Waals surface area contributed by atoms with Crippen molar-refractivity contribution in [2.75, 3.05) is 29.0 Å². The maximum Gasteiger partial charge on any atom is 0.235 e.